The summed E-state index contributed by atoms with van der Waals surface area (Å²) < 4.78 is 87.2. The van der Waals surface area contributed by atoms with Crippen molar-refractivity contribution in [2.75, 3.05) is 32.5 Å². The molecule has 182 valence electrons. The molecule has 7 nitrogen and oxygen atoms in total. The Kier molecular flexibility index (Phi) is 7.46. The molecule has 0 atom stereocenters. The van der Waals surface area contributed by atoms with Crippen LogP contribution in [0.3, 0.4) is 0 Å². The number of alkyl halides is 3. The number of benzene rings is 2. The van der Waals surface area contributed by atoms with Crippen LogP contribution in [0.25, 0.3) is 0 Å². The second-order valence-corrected chi connectivity index (χ2v) is 7.65. The average molecular weight is 552 g/mol. The molecule has 1 aliphatic rings. The van der Waals surface area contributed by atoms with E-state index in [0.29, 0.717) is 4.47 Å². The van der Waals surface area contributed by atoms with Gasteiger partial charge in [-0.15, -0.1) is 0 Å². The molecule has 0 unspecified atom stereocenters. The molecule has 2 aromatic carbocycles. The Morgan fingerprint density at radius 3 is 2.18 bits per heavy atom. The Morgan fingerprint density at radius 2 is 1.62 bits per heavy atom. The van der Waals surface area contributed by atoms with Gasteiger partial charge in [0.2, 0.25) is 0 Å². The number of ether oxygens (including phenoxy) is 4. The van der Waals surface area contributed by atoms with Crippen molar-refractivity contribution in [2.24, 2.45) is 0 Å². The lowest BCUT2D eigenvalue weighted by Crippen LogP contribution is -2.38. The highest BCUT2D eigenvalue weighted by Crippen LogP contribution is 2.38. The topological polar surface area (TPSA) is 74.3 Å². The van der Waals surface area contributed by atoms with Gasteiger partial charge in [0.15, 0.2) is 17.4 Å². The number of rotatable bonds is 5. The molecule has 0 spiro atoms. The molecular formula is C21H15BrF5NO6. The summed E-state index contributed by atoms with van der Waals surface area (Å²) in [6.45, 7) is -0.462. The number of halogens is 6. The smallest absolute Gasteiger partial charge is 0.416 e. The highest BCUT2D eigenvalue weighted by Gasteiger charge is 2.34. The first-order valence-electron chi connectivity index (χ1n) is 9.26. The number of hydrogen-bond acceptors (Lipinski definition) is 7. The maximum Gasteiger partial charge on any atom is 0.416 e. The zero-order valence-electron chi connectivity index (χ0n) is 17.5. The van der Waals surface area contributed by atoms with Crippen LogP contribution in [-0.4, -0.2) is 39.5 Å². The van der Waals surface area contributed by atoms with Gasteiger partial charge in [0.1, 0.15) is 18.2 Å². The van der Waals surface area contributed by atoms with Crippen molar-refractivity contribution in [3.8, 4) is 11.5 Å². The predicted molar refractivity (Wildman–Crippen MR) is 110 cm³/mol. The van der Waals surface area contributed by atoms with Gasteiger partial charge in [-0.05, 0) is 24.3 Å². The summed E-state index contributed by atoms with van der Waals surface area (Å²) in [6.07, 6.45) is -4.95. The summed E-state index contributed by atoms with van der Waals surface area (Å²) in [5.74, 6) is -6.13. The van der Waals surface area contributed by atoms with Crippen LogP contribution in [0.1, 0.15) is 5.56 Å². The van der Waals surface area contributed by atoms with Crippen molar-refractivity contribution in [3.63, 3.8) is 0 Å². The maximum atomic E-state index is 14.2. The van der Waals surface area contributed by atoms with E-state index in [4.69, 9.17) is 14.2 Å². The molecule has 0 bridgehead atoms. The first kappa shape index (κ1) is 25.4. The SMILES string of the molecule is COC(=O)C1=C(C(=O)OC)N(c2cc(Br)cc(Oc3c(F)cc(C(F)(F)F)cc3F)c2)COC1. The van der Waals surface area contributed by atoms with Gasteiger partial charge in [0, 0.05) is 16.2 Å². The summed E-state index contributed by atoms with van der Waals surface area (Å²) >= 11 is 3.19. The number of esters is 2. The zero-order valence-corrected chi connectivity index (χ0v) is 19.1. The lowest BCUT2D eigenvalue weighted by Gasteiger charge is -2.31. The number of methoxy groups -OCH3 is 2. The lowest BCUT2D eigenvalue weighted by atomic mass is 10.1. The number of nitrogens with zero attached hydrogens (tertiary/aromatic N) is 1. The third kappa shape index (κ3) is 5.30. The zero-order chi connectivity index (χ0) is 25.2. The number of carbonyl (C=O) groups excluding carboxylic acids is 2. The van der Waals surface area contributed by atoms with Crippen molar-refractivity contribution in [1.82, 2.24) is 0 Å². The van der Waals surface area contributed by atoms with Gasteiger partial charge in [-0.1, -0.05) is 15.9 Å². The van der Waals surface area contributed by atoms with Crippen LogP contribution >= 0.6 is 15.9 Å². The molecule has 1 aliphatic heterocycles. The highest BCUT2D eigenvalue weighted by molar-refractivity contribution is 9.10. The van der Waals surface area contributed by atoms with Crippen molar-refractivity contribution in [1.29, 1.82) is 0 Å². The second kappa shape index (κ2) is 9.97. The Morgan fingerprint density at radius 1 is 1.00 bits per heavy atom. The molecule has 0 aromatic heterocycles. The summed E-state index contributed by atoms with van der Waals surface area (Å²) in [6, 6.07) is 4.20. The van der Waals surface area contributed by atoms with Gasteiger partial charge in [-0.25, -0.2) is 18.4 Å². The molecule has 0 saturated heterocycles. The fraction of sp³-hybridized carbons (Fsp3) is 0.238. The van der Waals surface area contributed by atoms with E-state index in [9.17, 15) is 31.5 Å². The number of hydrogen-bond donors (Lipinski definition) is 0. The summed E-state index contributed by atoms with van der Waals surface area (Å²) in [4.78, 5) is 25.8. The van der Waals surface area contributed by atoms with Crippen LogP contribution in [0.5, 0.6) is 11.5 Å². The van der Waals surface area contributed by atoms with Gasteiger partial charge in [-0.3, -0.25) is 0 Å². The first-order chi connectivity index (χ1) is 16.0. The Bertz CT molecular complexity index is 1140. The van der Waals surface area contributed by atoms with Gasteiger partial charge < -0.3 is 23.8 Å². The van der Waals surface area contributed by atoms with E-state index in [1.807, 2.05) is 0 Å². The first-order valence-corrected chi connectivity index (χ1v) is 10.0. The van der Waals surface area contributed by atoms with Crippen molar-refractivity contribution in [3.05, 3.63) is 63.3 Å². The van der Waals surface area contributed by atoms with E-state index in [-0.39, 0.29) is 48.2 Å². The van der Waals surface area contributed by atoms with E-state index < -0.39 is 41.1 Å². The minimum atomic E-state index is -4.95. The van der Waals surface area contributed by atoms with E-state index in [0.717, 1.165) is 14.2 Å². The van der Waals surface area contributed by atoms with E-state index in [1.54, 1.807) is 0 Å². The second-order valence-electron chi connectivity index (χ2n) is 6.73. The molecule has 0 aliphatic carbocycles. The Hall–Kier alpha value is -3.19. The molecule has 34 heavy (non-hydrogen) atoms. The molecule has 2 aromatic rings. The molecule has 1 heterocycles. The highest BCUT2D eigenvalue weighted by atomic mass is 79.9. The van der Waals surface area contributed by atoms with Gasteiger partial charge in [-0.2, -0.15) is 13.2 Å². The fourth-order valence-corrected chi connectivity index (χ4v) is 3.51. The Balaban J connectivity index is 2.05. The summed E-state index contributed by atoms with van der Waals surface area (Å²) in [7, 11) is 2.21. The van der Waals surface area contributed by atoms with Crippen LogP contribution < -0.4 is 9.64 Å². The fourth-order valence-electron chi connectivity index (χ4n) is 3.05. The van der Waals surface area contributed by atoms with Crippen LogP contribution in [0.15, 0.2) is 46.1 Å². The van der Waals surface area contributed by atoms with Crippen LogP contribution in [0.2, 0.25) is 0 Å². The largest absolute Gasteiger partial charge is 0.466 e. The molecule has 0 N–H and O–H groups in total. The van der Waals surface area contributed by atoms with E-state index >= 15 is 0 Å². The number of carbonyl (C=O) groups is 2. The molecule has 13 heteroatoms. The maximum absolute atomic E-state index is 14.2. The standard InChI is InChI=1S/C21H15BrF5NO6/c1-31-19(29)14-8-33-9-28(17(14)20(30)32-2)12-5-11(22)6-13(7-12)34-18-15(23)3-10(4-16(18)24)21(25,26)27/h3-7H,8-9H2,1-2H3. The van der Waals surface area contributed by atoms with Gasteiger partial charge >= 0.3 is 18.1 Å². The summed E-state index contributed by atoms with van der Waals surface area (Å²) in [5.41, 5.74) is -1.68. The van der Waals surface area contributed by atoms with E-state index in [2.05, 4.69) is 20.7 Å². The van der Waals surface area contributed by atoms with Crippen LogP contribution in [-0.2, 0) is 30.0 Å². The number of anilines is 1. The molecular weight excluding hydrogens is 537 g/mol. The van der Waals surface area contributed by atoms with Crippen molar-refractivity contribution >= 4 is 33.6 Å². The third-order valence-corrected chi connectivity index (χ3v) is 5.00. The van der Waals surface area contributed by atoms with Crippen LogP contribution in [0.4, 0.5) is 27.6 Å². The molecule has 0 saturated carbocycles. The molecule has 3 rings (SSSR count). The molecule has 0 fully saturated rings. The third-order valence-electron chi connectivity index (χ3n) is 4.55. The monoisotopic (exact) mass is 551 g/mol. The normalized spacial score (nSPS) is 14.2. The van der Waals surface area contributed by atoms with Gasteiger partial charge in [0.05, 0.1) is 32.0 Å². The minimum Gasteiger partial charge on any atom is -0.466 e. The van der Waals surface area contributed by atoms with Crippen molar-refractivity contribution in [2.45, 2.75) is 6.18 Å². The Labute approximate surface area is 197 Å². The summed E-state index contributed by atoms with van der Waals surface area (Å²) in [5, 5.41) is 0. The average Bonchev–Trinajstić information content (AvgIpc) is 2.78. The quantitative estimate of drug-likeness (QED) is 0.385. The molecule has 0 radical (unpaired) electrons. The van der Waals surface area contributed by atoms with Gasteiger partial charge in [0.25, 0.3) is 0 Å². The van der Waals surface area contributed by atoms with E-state index in [1.165, 1.54) is 23.1 Å². The van der Waals surface area contributed by atoms with Crippen LogP contribution in [0, 0.1) is 11.6 Å². The molecule has 0 amide bonds. The predicted octanol–water partition coefficient (Wildman–Crippen LogP) is 4.93. The minimum absolute atomic E-state index is 0.108. The van der Waals surface area contributed by atoms with Crippen molar-refractivity contribution < 1.29 is 50.5 Å². The lowest BCUT2D eigenvalue weighted by molar-refractivity contribution is -0.140.